The minimum atomic E-state index is -4.73. The molecule has 2 N–H and O–H groups in total. The standard InChI is InChI=1S/C21H15F5N4O2/c22-19(23)32-17-10-13(21(24,25)26)6-7-15(17)18-16-5-2-8-30(16)20(29-28-18)27-11-12-3-1-4-14(31)9-12/h1-10,19,31H,11H2,(H,27,29). The Morgan fingerprint density at radius 2 is 1.84 bits per heavy atom. The van der Waals surface area contributed by atoms with Crippen molar-refractivity contribution in [3.63, 3.8) is 0 Å². The molecule has 0 saturated heterocycles. The van der Waals surface area contributed by atoms with E-state index in [9.17, 15) is 27.1 Å². The summed E-state index contributed by atoms with van der Waals surface area (Å²) in [5.74, 6) is -0.251. The average Bonchev–Trinajstić information content (AvgIpc) is 3.21. The fourth-order valence-corrected chi connectivity index (χ4v) is 3.20. The Bertz CT molecular complexity index is 1260. The summed E-state index contributed by atoms with van der Waals surface area (Å²) in [6.45, 7) is -3.02. The molecule has 166 valence electrons. The van der Waals surface area contributed by atoms with Gasteiger partial charge in [-0.15, -0.1) is 10.2 Å². The van der Waals surface area contributed by atoms with Crippen molar-refractivity contribution in [3.8, 4) is 22.8 Å². The normalized spacial score (nSPS) is 11.8. The summed E-state index contributed by atoms with van der Waals surface area (Å²) in [7, 11) is 0. The maximum absolute atomic E-state index is 13.0. The van der Waals surface area contributed by atoms with Crippen molar-refractivity contribution >= 4 is 11.5 Å². The second-order valence-corrected chi connectivity index (χ2v) is 6.75. The van der Waals surface area contributed by atoms with Crippen LogP contribution in [0.2, 0.25) is 0 Å². The molecule has 0 bridgehead atoms. The summed E-state index contributed by atoms with van der Waals surface area (Å²) in [5.41, 5.74) is 0.0702. The van der Waals surface area contributed by atoms with Crippen molar-refractivity contribution in [3.05, 3.63) is 71.9 Å². The van der Waals surface area contributed by atoms with E-state index in [2.05, 4.69) is 20.3 Å². The first kappa shape index (κ1) is 21.3. The van der Waals surface area contributed by atoms with E-state index in [1.807, 2.05) is 0 Å². The third-order valence-corrected chi connectivity index (χ3v) is 4.61. The van der Waals surface area contributed by atoms with Crippen LogP contribution in [0.15, 0.2) is 60.8 Å². The van der Waals surface area contributed by atoms with Crippen LogP contribution in [0.4, 0.5) is 27.9 Å². The third kappa shape index (κ3) is 4.41. The Kier molecular flexibility index (Phi) is 5.56. The lowest BCUT2D eigenvalue weighted by atomic mass is 10.1. The van der Waals surface area contributed by atoms with Crippen LogP contribution in [-0.4, -0.2) is 26.3 Å². The molecule has 0 aliphatic heterocycles. The summed E-state index contributed by atoms with van der Waals surface area (Å²) in [6, 6.07) is 12.1. The van der Waals surface area contributed by atoms with E-state index in [1.54, 1.807) is 40.9 Å². The van der Waals surface area contributed by atoms with Gasteiger partial charge in [-0.1, -0.05) is 12.1 Å². The van der Waals surface area contributed by atoms with E-state index in [-0.39, 0.29) is 17.0 Å². The predicted molar refractivity (Wildman–Crippen MR) is 105 cm³/mol. The lowest BCUT2D eigenvalue weighted by Gasteiger charge is -2.15. The number of halogens is 5. The molecule has 11 heteroatoms. The molecule has 0 fully saturated rings. The summed E-state index contributed by atoms with van der Waals surface area (Å²) in [4.78, 5) is 0. The van der Waals surface area contributed by atoms with Crippen molar-refractivity contribution in [2.75, 3.05) is 5.32 Å². The summed E-state index contributed by atoms with van der Waals surface area (Å²) >= 11 is 0. The van der Waals surface area contributed by atoms with E-state index in [1.165, 1.54) is 6.07 Å². The van der Waals surface area contributed by atoms with Crippen LogP contribution in [0.5, 0.6) is 11.5 Å². The van der Waals surface area contributed by atoms with Gasteiger partial charge >= 0.3 is 12.8 Å². The molecule has 6 nitrogen and oxygen atoms in total. The highest BCUT2D eigenvalue weighted by Crippen LogP contribution is 2.38. The quantitative estimate of drug-likeness (QED) is 0.389. The highest BCUT2D eigenvalue weighted by Gasteiger charge is 2.32. The van der Waals surface area contributed by atoms with Gasteiger partial charge in [0.25, 0.3) is 0 Å². The first-order valence-corrected chi connectivity index (χ1v) is 9.24. The molecule has 2 aromatic heterocycles. The Morgan fingerprint density at radius 1 is 1.03 bits per heavy atom. The number of hydrogen-bond donors (Lipinski definition) is 2. The Balaban J connectivity index is 1.73. The number of aromatic hydroxyl groups is 1. The van der Waals surface area contributed by atoms with Gasteiger partial charge in [-0.2, -0.15) is 22.0 Å². The molecule has 0 amide bonds. The van der Waals surface area contributed by atoms with Gasteiger partial charge in [0, 0.05) is 18.3 Å². The summed E-state index contributed by atoms with van der Waals surface area (Å²) in [5, 5.41) is 20.7. The number of anilines is 1. The molecular formula is C21H15F5N4O2. The maximum Gasteiger partial charge on any atom is 0.416 e. The lowest BCUT2D eigenvalue weighted by Crippen LogP contribution is -2.10. The summed E-state index contributed by atoms with van der Waals surface area (Å²) in [6.07, 6.45) is -3.09. The van der Waals surface area contributed by atoms with Gasteiger partial charge in [0.05, 0.1) is 11.1 Å². The zero-order chi connectivity index (χ0) is 22.9. The van der Waals surface area contributed by atoms with Crippen molar-refractivity contribution in [2.45, 2.75) is 19.3 Å². The number of rotatable bonds is 6. The van der Waals surface area contributed by atoms with Crippen LogP contribution < -0.4 is 10.1 Å². The van der Waals surface area contributed by atoms with Gasteiger partial charge in [0.2, 0.25) is 5.95 Å². The maximum atomic E-state index is 13.0. The van der Waals surface area contributed by atoms with Gasteiger partial charge in [0.1, 0.15) is 17.2 Å². The number of nitrogens with zero attached hydrogens (tertiary/aromatic N) is 3. The van der Waals surface area contributed by atoms with Gasteiger partial charge in [-0.05, 0) is 48.0 Å². The molecule has 0 aliphatic rings. The minimum Gasteiger partial charge on any atom is -0.508 e. The number of aromatic nitrogens is 3. The van der Waals surface area contributed by atoms with Crippen LogP contribution in [0.1, 0.15) is 11.1 Å². The smallest absolute Gasteiger partial charge is 0.416 e. The Labute approximate surface area is 177 Å². The molecule has 2 heterocycles. The molecule has 4 rings (SSSR count). The molecule has 0 saturated carbocycles. The SMILES string of the molecule is Oc1cccc(CNc2nnc(-c3ccc(C(F)(F)F)cc3OC(F)F)c3cccn23)c1. The van der Waals surface area contributed by atoms with E-state index in [0.29, 0.717) is 24.1 Å². The number of hydrogen-bond acceptors (Lipinski definition) is 5. The molecule has 0 radical (unpaired) electrons. The minimum absolute atomic E-state index is 0.0611. The average molecular weight is 450 g/mol. The number of phenolic OH excluding ortho intramolecular Hbond substituents is 1. The van der Waals surface area contributed by atoms with Gasteiger partial charge in [-0.25, -0.2) is 0 Å². The van der Waals surface area contributed by atoms with Crippen molar-refractivity contribution in [2.24, 2.45) is 0 Å². The van der Waals surface area contributed by atoms with E-state index in [0.717, 1.165) is 17.7 Å². The topological polar surface area (TPSA) is 71.7 Å². The van der Waals surface area contributed by atoms with Crippen molar-refractivity contribution in [1.29, 1.82) is 0 Å². The van der Waals surface area contributed by atoms with E-state index in [4.69, 9.17) is 0 Å². The second-order valence-electron chi connectivity index (χ2n) is 6.75. The largest absolute Gasteiger partial charge is 0.508 e. The first-order chi connectivity index (χ1) is 15.2. The lowest BCUT2D eigenvalue weighted by molar-refractivity contribution is -0.138. The number of phenols is 1. The van der Waals surface area contributed by atoms with Gasteiger partial charge in [0.15, 0.2) is 0 Å². The fourth-order valence-electron chi connectivity index (χ4n) is 3.20. The molecule has 4 aromatic rings. The highest BCUT2D eigenvalue weighted by atomic mass is 19.4. The number of ether oxygens (including phenoxy) is 1. The summed E-state index contributed by atoms with van der Waals surface area (Å²) < 4.78 is 70.8. The van der Waals surface area contributed by atoms with Crippen LogP contribution in [-0.2, 0) is 12.7 Å². The molecular weight excluding hydrogens is 435 g/mol. The molecule has 0 spiro atoms. The first-order valence-electron chi connectivity index (χ1n) is 9.24. The fraction of sp³-hybridized carbons (Fsp3) is 0.143. The molecule has 32 heavy (non-hydrogen) atoms. The van der Waals surface area contributed by atoms with Crippen molar-refractivity contribution in [1.82, 2.24) is 14.6 Å². The second kappa shape index (κ2) is 8.33. The molecule has 2 aromatic carbocycles. The Hall–Kier alpha value is -3.89. The number of nitrogens with one attached hydrogen (secondary N) is 1. The molecule has 0 atom stereocenters. The highest BCUT2D eigenvalue weighted by molar-refractivity contribution is 5.81. The van der Waals surface area contributed by atoms with E-state index >= 15 is 0 Å². The molecule has 0 aliphatic carbocycles. The third-order valence-electron chi connectivity index (χ3n) is 4.61. The zero-order valence-electron chi connectivity index (χ0n) is 16.1. The number of fused-ring (bicyclic) bond motifs is 1. The number of benzene rings is 2. The van der Waals surface area contributed by atoms with Crippen LogP contribution in [0.3, 0.4) is 0 Å². The van der Waals surface area contributed by atoms with Crippen LogP contribution >= 0.6 is 0 Å². The van der Waals surface area contributed by atoms with E-state index < -0.39 is 24.1 Å². The molecule has 0 unspecified atom stereocenters. The Morgan fingerprint density at radius 3 is 2.56 bits per heavy atom. The van der Waals surface area contributed by atoms with Gasteiger partial charge in [-0.3, -0.25) is 4.40 Å². The van der Waals surface area contributed by atoms with Crippen molar-refractivity contribution < 1.29 is 31.8 Å². The van der Waals surface area contributed by atoms with Gasteiger partial charge < -0.3 is 15.2 Å². The monoisotopic (exact) mass is 450 g/mol. The predicted octanol–water partition coefficient (Wildman–Crippen LogP) is 5.33. The zero-order valence-corrected chi connectivity index (χ0v) is 16.1. The van der Waals surface area contributed by atoms with Crippen LogP contribution in [0, 0.1) is 0 Å². The number of alkyl halides is 5. The van der Waals surface area contributed by atoms with Crippen LogP contribution in [0.25, 0.3) is 16.8 Å².